The first-order valence-electron chi connectivity index (χ1n) is 7.55. The molecule has 3 N–H and O–H groups in total. The number of ether oxygens (including phenoxy) is 2. The van der Waals surface area contributed by atoms with E-state index >= 15 is 0 Å². The van der Waals surface area contributed by atoms with Gasteiger partial charge in [0.15, 0.2) is 0 Å². The lowest BCUT2D eigenvalue weighted by Crippen LogP contribution is -2.44. The molecule has 10 nitrogen and oxygen atoms in total. The van der Waals surface area contributed by atoms with Gasteiger partial charge in [-0.2, -0.15) is 0 Å². The molecule has 0 radical (unpaired) electrons. The predicted molar refractivity (Wildman–Crippen MR) is 85.1 cm³/mol. The maximum Gasteiger partial charge on any atom is 0.408 e. The Morgan fingerprint density at radius 3 is 2.42 bits per heavy atom. The lowest BCUT2D eigenvalue weighted by Gasteiger charge is -2.23. The molecule has 0 aromatic rings. The number of methoxy groups -OCH3 is 1. The Balaban J connectivity index is 4.57. The molecule has 0 heterocycles. The van der Waals surface area contributed by atoms with Crippen molar-refractivity contribution in [2.75, 3.05) is 13.7 Å². The summed E-state index contributed by atoms with van der Waals surface area (Å²) >= 11 is 0. The van der Waals surface area contributed by atoms with Crippen molar-refractivity contribution in [3.05, 3.63) is 10.4 Å². The van der Waals surface area contributed by atoms with E-state index in [1.54, 1.807) is 20.8 Å². The number of amides is 1. The van der Waals surface area contributed by atoms with Crippen molar-refractivity contribution in [1.29, 1.82) is 0 Å². The standard InChI is InChI=1S/C14H26N4O6/c1-14(2,3)24-13(22)16-9(12(21)23-4)6-5-7-11(20)10(8-19)17-18-15/h9-11,19-20H,5-8H2,1-4H3,(H,16,22)/t9-,10+,11+/m0/s1. The highest BCUT2D eigenvalue weighted by Crippen LogP contribution is 2.12. The number of rotatable bonds is 9. The minimum Gasteiger partial charge on any atom is -0.467 e. The van der Waals surface area contributed by atoms with Gasteiger partial charge in [0, 0.05) is 4.91 Å². The van der Waals surface area contributed by atoms with E-state index in [0.29, 0.717) is 6.42 Å². The third-order valence-corrected chi connectivity index (χ3v) is 3.00. The molecule has 0 aliphatic carbocycles. The number of alkyl carbamates (subject to hydrolysis) is 1. The summed E-state index contributed by atoms with van der Waals surface area (Å²) in [6.07, 6.45) is -1.11. The summed E-state index contributed by atoms with van der Waals surface area (Å²) in [7, 11) is 1.20. The maximum atomic E-state index is 11.7. The highest BCUT2D eigenvalue weighted by molar-refractivity contribution is 5.81. The Hall–Kier alpha value is -2.03. The van der Waals surface area contributed by atoms with Crippen LogP contribution in [-0.4, -0.2) is 59.8 Å². The molecule has 10 heteroatoms. The summed E-state index contributed by atoms with van der Waals surface area (Å²) in [5, 5.41) is 24.5. The van der Waals surface area contributed by atoms with Gasteiger partial charge in [0.25, 0.3) is 0 Å². The molecular weight excluding hydrogens is 320 g/mol. The summed E-state index contributed by atoms with van der Waals surface area (Å²) in [6.45, 7) is 4.60. The molecule has 138 valence electrons. The molecule has 24 heavy (non-hydrogen) atoms. The third kappa shape index (κ3) is 9.19. The van der Waals surface area contributed by atoms with E-state index in [1.165, 1.54) is 7.11 Å². The zero-order valence-corrected chi connectivity index (χ0v) is 14.4. The summed E-state index contributed by atoms with van der Waals surface area (Å²) in [5.41, 5.74) is 7.64. The fourth-order valence-electron chi connectivity index (χ4n) is 1.87. The predicted octanol–water partition coefficient (Wildman–Crippen LogP) is 1.26. The number of esters is 1. The smallest absolute Gasteiger partial charge is 0.408 e. The fraction of sp³-hybridized carbons (Fsp3) is 0.857. The van der Waals surface area contributed by atoms with Crippen LogP contribution < -0.4 is 5.32 Å². The van der Waals surface area contributed by atoms with Crippen LogP contribution in [0.15, 0.2) is 5.11 Å². The molecule has 1 amide bonds. The van der Waals surface area contributed by atoms with E-state index in [2.05, 4.69) is 20.1 Å². The highest BCUT2D eigenvalue weighted by atomic mass is 16.6. The molecule has 0 bridgehead atoms. The number of carbonyl (C=O) groups is 2. The molecule has 0 saturated heterocycles. The summed E-state index contributed by atoms with van der Waals surface area (Å²) < 4.78 is 9.71. The number of aliphatic hydroxyl groups is 2. The quantitative estimate of drug-likeness (QED) is 0.247. The van der Waals surface area contributed by atoms with Crippen molar-refractivity contribution in [1.82, 2.24) is 5.32 Å². The van der Waals surface area contributed by atoms with Crippen molar-refractivity contribution in [2.45, 2.75) is 63.8 Å². The van der Waals surface area contributed by atoms with Gasteiger partial charge in [0.05, 0.1) is 25.9 Å². The molecule has 0 aliphatic heterocycles. The van der Waals surface area contributed by atoms with Gasteiger partial charge in [0.1, 0.15) is 11.6 Å². The minimum absolute atomic E-state index is 0.174. The number of carbonyl (C=O) groups excluding carboxylic acids is 2. The van der Waals surface area contributed by atoms with Crippen molar-refractivity contribution >= 4 is 12.1 Å². The molecule has 0 aromatic heterocycles. The van der Waals surface area contributed by atoms with Gasteiger partial charge in [-0.25, -0.2) is 9.59 Å². The van der Waals surface area contributed by atoms with E-state index in [0.717, 1.165) is 0 Å². The van der Waals surface area contributed by atoms with Gasteiger partial charge in [0.2, 0.25) is 0 Å². The van der Waals surface area contributed by atoms with E-state index in [-0.39, 0.29) is 12.8 Å². The number of aliphatic hydroxyl groups excluding tert-OH is 2. The van der Waals surface area contributed by atoms with Gasteiger partial charge in [-0.15, -0.1) is 0 Å². The topological polar surface area (TPSA) is 154 Å². The van der Waals surface area contributed by atoms with Crippen LogP contribution in [0.3, 0.4) is 0 Å². The Morgan fingerprint density at radius 2 is 1.96 bits per heavy atom. The SMILES string of the molecule is COC(=O)[C@H](CCC[C@@H](O)[C@@H](CO)N=[N+]=[N-])NC(=O)OC(C)(C)C. The van der Waals surface area contributed by atoms with Crippen LogP contribution in [0.25, 0.3) is 10.4 Å². The number of hydrogen-bond donors (Lipinski definition) is 3. The second kappa shape index (κ2) is 10.7. The Kier molecular flexibility index (Phi) is 9.79. The summed E-state index contributed by atoms with van der Waals surface area (Å²) in [4.78, 5) is 26.0. The van der Waals surface area contributed by atoms with Crippen LogP contribution in [0.1, 0.15) is 40.0 Å². The Bertz CT molecular complexity index is 459. The molecule has 0 aromatic carbocycles. The van der Waals surface area contributed by atoms with Gasteiger partial charge in [-0.3, -0.25) is 0 Å². The van der Waals surface area contributed by atoms with Gasteiger partial charge < -0.3 is 25.0 Å². The molecule has 0 spiro atoms. The molecule has 0 aliphatic rings. The summed E-state index contributed by atoms with van der Waals surface area (Å²) in [6, 6.07) is -1.88. The summed E-state index contributed by atoms with van der Waals surface area (Å²) in [5.74, 6) is -0.635. The lowest BCUT2D eigenvalue weighted by atomic mass is 10.0. The van der Waals surface area contributed by atoms with Gasteiger partial charge in [-0.05, 0) is 45.6 Å². The van der Waals surface area contributed by atoms with Crippen LogP contribution >= 0.6 is 0 Å². The minimum atomic E-state index is -1.05. The molecule has 0 saturated carbocycles. The first-order chi connectivity index (χ1) is 11.1. The number of nitrogens with one attached hydrogen (secondary N) is 1. The highest BCUT2D eigenvalue weighted by Gasteiger charge is 2.25. The van der Waals surface area contributed by atoms with Crippen LogP contribution in [0.4, 0.5) is 4.79 Å². The number of azide groups is 1. The first-order valence-corrected chi connectivity index (χ1v) is 7.55. The fourth-order valence-corrected chi connectivity index (χ4v) is 1.87. The van der Waals surface area contributed by atoms with E-state index < -0.39 is 42.5 Å². The molecule has 0 rings (SSSR count). The van der Waals surface area contributed by atoms with Crippen LogP contribution in [-0.2, 0) is 14.3 Å². The molecule has 0 fully saturated rings. The average molecular weight is 346 g/mol. The van der Waals surface area contributed by atoms with Crippen LogP contribution in [0.2, 0.25) is 0 Å². The number of nitrogens with zero attached hydrogens (tertiary/aromatic N) is 3. The zero-order valence-electron chi connectivity index (χ0n) is 14.4. The Morgan fingerprint density at radius 1 is 1.33 bits per heavy atom. The number of hydrogen-bond acceptors (Lipinski definition) is 7. The third-order valence-electron chi connectivity index (χ3n) is 3.00. The van der Waals surface area contributed by atoms with Crippen molar-refractivity contribution in [2.24, 2.45) is 5.11 Å². The monoisotopic (exact) mass is 346 g/mol. The van der Waals surface area contributed by atoms with Crippen LogP contribution in [0.5, 0.6) is 0 Å². The van der Waals surface area contributed by atoms with Gasteiger partial charge >= 0.3 is 12.1 Å². The van der Waals surface area contributed by atoms with E-state index in [1.807, 2.05) is 0 Å². The molecular formula is C14H26N4O6. The Labute approximate surface area is 140 Å². The normalized spacial score (nSPS) is 14.8. The largest absolute Gasteiger partial charge is 0.467 e. The van der Waals surface area contributed by atoms with Crippen molar-refractivity contribution in [3.63, 3.8) is 0 Å². The second-order valence-corrected chi connectivity index (χ2v) is 6.18. The molecule has 0 unspecified atom stereocenters. The van der Waals surface area contributed by atoms with Crippen LogP contribution in [0, 0.1) is 0 Å². The lowest BCUT2D eigenvalue weighted by molar-refractivity contribution is -0.143. The van der Waals surface area contributed by atoms with Crippen molar-refractivity contribution in [3.8, 4) is 0 Å². The maximum absolute atomic E-state index is 11.7. The molecule has 3 atom stereocenters. The van der Waals surface area contributed by atoms with Crippen molar-refractivity contribution < 1.29 is 29.3 Å². The second-order valence-electron chi connectivity index (χ2n) is 6.18. The zero-order chi connectivity index (χ0) is 18.8. The first kappa shape index (κ1) is 22.0. The van der Waals surface area contributed by atoms with E-state index in [4.69, 9.17) is 15.4 Å². The van der Waals surface area contributed by atoms with E-state index in [9.17, 15) is 14.7 Å². The average Bonchev–Trinajstić information content (AvgIpc) is 2.48. The van der Waals surface area contributed by atoms with Gasteiger partial charge in [-0.1, -0.05) is 5.11 Å².